The summed E-state index contributed by atoms with van der Waals surface area (Å²) in [5, 5.41) is 30.9. The Hall–Kier alpha value is -2.62. The minimum absolute atomic E-state index is 0.000496. The van der Waals surface area contributed by atoms with Crippen LogP contribution < -0.4 is 5.32 Å². The van der Waals surface area contributed by atoms with E-state index in [9.17, 15) is 14.9 Å². The molecule has 2 N–H and O–H groups in total. The van der Waals surface area contributed by atoms with Crippen molar-refractivity contribution < 1.29 is 14.8 Å². The molecule has 0 aliphatic carbocycles. The Balaban J connectivity index is 2.54. The Bertz CT molecular complexity index is 522. The Morgan fingerprint density at radius 1 is 1.47 bits per heavy atom. The lowest BCUT2D eigenvalue weighted by molar-refractivity contribution is -0.385. The molecule has 0 aliphatic heterocycles. The van der Waals surface area contributed by atoms with Gasteiger partial charge in [0.05, 0.1) is 4.92 Å². The van der Waals surface area contributed by atoms with Crippen LogP contribution in [-0.4, -0.2) is 22.5 Å². The number of nitrogens with one attached hydrogen (secondary N) is 1. The van der Waals surface area contributed by atoms with E-state index < -0.39 is 10.9 Å². The summed E-state index contributed by atoms with van der Waals surface area (Å²) in [5.74, 6) is -0.831. The predicted octanol–water partition coefficient (Wildman–Crippen LogP) is 2.13. The molecule has 0 spiro atoms. The molecule has 0 heterocycles. The smallest absolute Gasteiger partial charge is 0.303 e. The fourth-order valence-corrected chi connectivity index (χ4v) is 1.53. The summed E-state index contributed by atoms with van der Waals surface area (Å²) in [6.45, 7) is 0.552. The van der Waals surface area contributed by atoms with E-state index in [0.29, 0.717) is 25.1 Å². The number of benzene rings is 1. The number of nitro groups is 1. The zero-order valence-corrected chi connectivity index (χ0v) is 10.1. The third kappa shape index (κ3) is 4.63. The maximum Gasteiger partial charge on any atom is 0.303 e. The number of hydrogen-bond acceptors (Lipinski definition) is 5. The Labute approximate surface area is 109 Å². The number of carboxylic acid groups (broad SMARTS) is 1. The SMILES string of the molecule is N#Cc1cc(NCCCCC(=O)O)ccc1[N+](=O)[O-]. The van der Waals surface area contributed by atoms with Crippen molar-refractivity contribution in [3.8, 4) is 6.07 Å². The first kappa shape index (κ1) is 14.4. The zero-order chi connectivity index (χ0) is 14.3. The van der Waals surface area contributed by atoms with Crippen LogP contribution in [0, 0.1) is 21.4 Å². The molecule has 7 heteroatoms. The maximum absolute atomic E-state index is 10.6. The number of unbranched alkanes of at least 4 members (excludes halogenated alkanes) is 1. The number of nitrogens with zero attached hydrogens (tertiary/aromatic N) is 2. The van der Waals surface area contributed by atoms with Crippen LogP contribution in [-0.2, 0) is 4.79 Å². The highest BCUT2D eigenvalue weighted by atomic mass is 16.6. The van der Waals surface area contributed by atoms with Gasteiger partial charge in [-0.1, -0.05) is 0 Å². The van der Waals surface area contributed by atoms with Crippen LogP contribution in [0.4, 0.5) is 11.4 Å². The molecule has 0 fully saturated rings. The molecular weight excluding hydrogens is 250 g/mol. The normalized spacial score (nSPS) is 9.63. The summed E-state index contributed by atoms with van der Waals surface area (Å²) in [6, 6.07) is 5.99. The molecule has 7 nitrogen and oxygen atoms in total. The van der Waals surface area contributed by atoms with Gasteiger partial charge in [-0.2, -0.15) is 5.26 Å². The lowest BCUT2D eigenvalue weighted by Gasteiger charge is -2.06. The average Bonchev–Trinajstić information content (AvgIpc) is 2.37. The fourth-order valence-electron chi connectivity index (χ4n) is 1.53. The summed E-state index contributed by atoms with van der Waals surface area (Å²) in [4.78, 5) is 20.3. The van der Waals surface area contributed by atoms with Crippen molar-refractivity contribution in [2.24, 2.45) is 0 Å². The lowest BCUT2D eigenvalue weighted by atomic mass is 10.1. The van der Waals surface area contributed by atoms with Crippen molar-refractivity contribution >= 4 is 17.3 Å². The first-order valence-corrected chi connectivity index (χ1v) is 5.69. The standard InChI is InChI=1S/C12H13N3O4/c13-8-9-7-10(4-5-11(9)15(18)19)14-6-2-1-3-12(16)17/h4-5,7,14H,1-3,6H2,(H,16,17). The summed E-state index contributed by atoms with van der Waals surface area (Å²) in [6.07, 6.45) is 1.34. The lowest BCUT2D eigenvalue weighted by Crippen LogP contribution is -2.04. The molecule has 0 saturated carbocycles. The van der Waals surface area contributed by atoms with E-state index in [2.05, 4.69) is 5.32 Å². The van der Waals surface area contributed by atoms with Crippen molar-refractivity contribution in [2.75, 3.05) is 11.9 Å². The number of carbonyl (C=O) groups is 1. The predicted molar refractivity (Wildman–Crippen MR) is 67.8 cm³/mol. The maximum atomic E-state index is 10.6. The number of nitro benzene ring substituents is 1. The van der Waals surface area contributed by atoms with Crippen molar-refractivity contribution in [2.45, 2.75) is 19.3 Å². The molecule has 1 aromatic rings. The number of carboxylic acids is 1. The molecule has 0 atom stereocenters. The van der Waals surface area contributed by atoms with Gasteiger partial charge in [-0.15, -0.1) is 0 Å². The van der Waals surface area contributed by atoms with Crippen LogP contribution in [0.15, 0.2) is 18.2 Å². The second-order valence-corrected chi connectivity index (χ2v) is 3.88. The molecule has 19 heavy (non-hydrogen) atoms. The van der Waals surface area contributed by atoms with E-state index in [1.807, 2.05) is 0 Å². The molecule has 0 amide bonds. The fraction of sp³-hybridized carbons (Fsp3) is 0.333. The van der Waals surface area contributed by atoms with Crippen LogP contribution in [0.2, 0.25) is 0 Å². The first-order valence-electron chi connectivity index (χ1n) is 5.69. The third-order valence-electron chi connectivity index (χ3n) is 2.46. The van der Waals surface area contributed by atoms with E-state index in [0.717, 1.165) is 0 Å². The van der Waals surface area contributed by atoms with Gasteiger partial charge < -0.3 is 10.4 Å². The molecule has 1 rings (SSSR count). The number of nitriles is 1. The third-order valence-corrected chi connectivity index (χ3v) is 2.46. The van der Waals surface area contributed by atoms with E-state index >= 15 is 0 Å². The average molecular weight is 263 g/mol. The topological polar surface area (TPSA) is 116 Å². The minimum atomic E-state index is -0.831. The Kier molecular flexibility index (Phi) is 5.29. The summed E-state index contributed by atoms with van der Waals surface area (Å²) >= 11 is 0. The van der Waals surface area contributed by atoms with E-state index in [1.54, 1.807) is 6.07 Å². The Morgan fingerprint density at radius 2 is 2.21 bits per heavy atom. The van der Waals surface area contributed by atoms with E-state index in [1.165, 1.54) is 18.2 Å². The largest absolute Gasteiger partial charge is 0.481 e. The van der Waals surface area contributed by atoms with Gasteiger partial charge >= 0.3 is 5.97 Å². The summed E-state index contributed by atoms with van der Waals surface area (Å²) in [7, 11) is 0. The molecular formula is C12H13N3O4. The molecule has 0 aliphatic rings. The minimum Gasteiger partial charge on any atom is -0.481 e. The zero-order valence-electron chi connectivity index (χ0n) is 10.1. The number of anilines is 1. The van der Waals surface area contributed by atoms with Gasteiger partial charge in [-0.05, 0) is 25.0 Å². The highest BCUT2D eigenvalue weighted by molar-refractivity contribution is 5.66. The van der Waals surface area contributed by atoms with Gasteiger partial charge in [0.15, 0.2) is 0 Å². The van der Waals surface area contributed by atoms with Gasteiger partial charge in [0, 0.05) is 24.7 Å². The molecule has 0 bridgehead atoms. The van der Waals surface area contributed by atoms with E-state index in [-0.39, 0.29) is 17.7 Å². The molecule has 0 aromatic heterocycles. The highest BCUT2D eigenvalue weighted by Crippen LogP contribution is 2.21. The van der Waals surface area contributed by atoms with Crippen molar-refractivity contribution in [3.63, 3.8) is 0 Å². The van der Waals surface area contributed by atoms with Crippen molar-refractivity contribution in [1.82, 2.24) is 0 Å². The first-order chi connectivity index (χ1) is 9.04. The molecule has 0 radical (unpaired) electrons. The Morgan fingerprint density at radius 3 is 2.79 bits per heavy atom. The van der Waals surface area contributed by atoms with Crippen LogP contribution >= 0.6 is 0 Å². The van der Waals surface area contributed by atoms with Crippen molar-refractivity contribution in [3.05, 3.63) is 33.9 Å². The highest BCUT2D eigenvalue weighted by Gasteiger charge is 2.13. The van der Waals surface area contributed by atoms with Crippen LogP contribution in [0.25, 0.3) is 0 Å². The summed E-state index contributed by atoms with van der Waals surface area (Å²) in [5.41, 5.74) is 0.386. The molecule has 0 unspecified atom stereocenters. The van der Waals surface area contributed by atoms with E-state index in [4.69, 9.17) is 10.4 Å². The second kappa shape index (κ2) is 6.96. The van der Waals surface area contributed by atoms with Gasteiger partial charge in [0.1, 0.15) is 11.6 Å². The second-order valence-electron chi connectivity index (χ2n) is 3.88. The van der Waals surface area contributed by atoms with Gasteiger partial charge in [-0.25, -0.2) is 0 Å². The number of rotatable bonds is 7. The monoisotopic (exact) mass is 263 g/mol. The van der Waals surface area contributed by atoms with Crippen LogP contribution in [0.3, 0.4) is 0 Å². The molecule has 0 saturated heterocycles. The van der Waals surface area contributed by atoms with Crippen LogP contribution in [0.1, 0.15) is 24.8 Å². The van der Waals surface area contributed by atoms with Crippen LogP contribution in [0.5, 0.6) is 0 Å². The van der Waals surface area contributed by atoms with Gasteiger partial charge in [0.2, 0.25) is 0 Å². The van der Waals surface area contributed by atoms with Gasteiger partial charge in [-0.3, -0.25) is 14.9 Å². The number of hydrogen-bond donors (Lipinski definition) is 2. The van der Waals surface area contributed by atoms with Gasteiger partial charge in [0.25, 0.3) is 5.69 Å². The van der Waals surface area contributed by atoms with Crippen molar-refractivity contribution in [1.29, 1.82) is 5.26 Å². The quantitative estimate of drug-likeness (QED) is 0.442. The molecule has 1 aromatic carbocycles. The summed E-state index contributed by atoms with van der Waals surface area (Å²) < 4.78 is 0. The number of aliphatic carboxylic acids is 1. The molecule has 100 valence electrons.